The highest BCUT2D eigenvalue weighted by atomic mass is 16.6. The van der Waals surface area contributed by atoms with Gasteiger partial charge >= 0.3 is 35.8 Å². The van der Waals surface area contributed by atoms with Crippen molar-refractivity contribution in [3.8, 4) is 0 Å². The minimum Gasteiger partial charge on any atom is -0.460 e. The molecule has 0 radical (unpaired) electrons. The maximum absolute atomic E-state index is 13.9. The molecule has 0 aliphatic heterocycles. The molecular formula is C83H99N7O16. The van der Waals surface area contributed by atoms with E-state index in [0.717, 1.165) is 33.4 Å². The summed E-state index contributed by atoms with van der Waals surface area (Å²) in [5.74, 6) is -4.90. The molecule has 0 saturated heterocycles. The molecule has 7 rings (SSSR count). The van der Waals surface area contributed by atoms with Gasteiger partial charge in [0.05, 0.1) is 26.2 Å². The average Bonchev–Trinajstić information content (AvgIpc) is 0.757. The Balaban J connectivity index is 0.786. The van der Waals surface area contributed by atoms with E-state index in [-0.39, 0.29) is 107 Å². The summed E-state index contributed by atoms with van der Waals surface area (Å²) in [6, 6.07) is 57.6. The van der Waals surface area contributed by atoms with E-state index < -0.39 is 74.1 Å². The quantitative estimate of drug-likeness (QED) is 0.0134. The number of carbonyl (C=O) groups is 10. The Morgan fingerprint density at radius 1 is 0.302 bits per heavy atom. The molecular weight excluding hydrogens is 1350 g/mol. The number of hydrogen-bond acceptors (Lipinski definition) is 19. The van der Waals surface area contributed by atoms with Crippen LogP contribution in [-0.4, -0.2) is 134 Å². The summed E-state index contributed by atoms with van der Waals surface area (Å²) in [6.45, 7) is -0.227. The Labute approximate surface area is 620 Å². The fourth-order valence-electron chi connectivity index (χ4n) is 11.3. The smallest absolute Gasteiger partial charge is 0.323 e. The normalized spacial score (nSPS) is 11.5. The van der Waals surface area contributed by atoms with Gasteiger partial charge in [-0.25, -0.2) is 0 Å². The van der Waals surface area contributed by atoms with Crippen molar-refractivity contribution in [3.63, 3.8) is 0 Å². The number of amides is 4. The van der Waals surface area contributed by atoms with E-state index in [0.29, 0.717) is 96.0 Å². The van der Waals surface area contributed by atoms with E-state index in [2.05, 4.69) is 21.3 Å². The van der Waals surface area contributed by atoms with Gasteiger partial charge in [-0.1, -0.05) is 195 Å². The zero-order chi connectivity index (χ0) is 75.2. The largest absolute Gasteiger partial charge is 0.460 e. The Hall–Kier alpha value is -10.9. The summed E-state index contributed by atoms with van der Waals surface area (Å²) < 4.78 is 33.9. The summed E-state index contributed by atoms with van der Waals surface area (Å²) in [5.41, 5.74) is 11.8. The third-order valence-corrected chi connectivity index (χ3v) is 17.1. The van der Waals surface area contributed by atoms with E-state index in [1.54, 1.807) is 12.1 Å². The van der Waals surface area contributed by atoms with Crippen molar-refractivity contribution in [2.45, 2.75) is 148 Å². The molecule has 106 heavy (non-hydrogen) atoms. The molecule has 4 amide bonds. The van der Waals surface area contributed by atoms with Gasteiger partial charge < -0.3 is 55.4 Å². The Bertz CT molecular complexity index is 3460. The number of ether oxygens (including phenoxy) is 6. The van der Waals surface area contributed by atoms with Crippen LogP contribution in [-0.2, 0) is 113 Å². The number of nitrogens with one attached hydrogen (secondary N) is 4. The topological polar surface area (TPSA) is 307 Å². The fraction of sp³-hybridized carbons (Fsp3) is 0.373. The summed E-state index contributed by atoms with van der Waals surface area (Å²) in [6.07, 6.45) is 6.33. The monoisotopic (exact) mass is 1450 g/mol. The van der Waals surface area contributed by atoms with Crippen LogP contribution in [0.15, 0.2) is 200 Å². The van der Waals surface area contributed by atoms with Crippen LogP contribution in [0.5, 0.6) is 0 Å². The van der Waals surface area contributed by atoms with Gasteiger partial charge in [-0.15, -0.1) is 0 Å². The van der Waals surface area contributed by atoms with Gasteiger partial charge in [0.2, 0.25) is 11.8 Å². The van der Waals surface area contributed by atoms with Crippen LogP contribution in [0.1, 0.15) is 150 Å². The number of rotatable bonds is 49. The second kappa shape index (κ2) is 48.2. The van der Waals surface area contributed by atoms with Crippen molar-refractivity contribution < 1.29 is 76.4 Å². The lowest BCUT2D eigenvalue weighted by atomic mass is 10.0. The molecule has 0 aliphatic carbocycles. The number of benzene rings is 7. The van der Waals surface area contributed by atoms with Gasteiger partial charge in [0.25, 0.3) is 11.8 Å². The van der Waals surface area contributed by atoms with Crippen LogP contribution in [0.25, 0.3) is 0 Å². The summed E-state index contributed by atoms with van der Waals surface area (Å²) in [4.78, 5) is 137. The highest BCUT2D eigenvalue weighted by molar-refractivity contribution is 6.00. The van der Waals surface area contributed by atoms with Crippen LogP contribution in [0.2, 0.25) is 0 Å². The summed E-state index contributed by atoms with van der Waals surface area (Å²) >= 11 is 0. The summed E-state index contributed by atoms with van der Waals surface area (Å²) in [5, 5.41) is 11.7. The molecule has 6 N–H and O–H groups in total. The number of esters is 6. The number of nitrogens with two attached hydrogens (primary N) is 1. The van der Waals surface area contributed by atoms with Gasteiger partial charge in [-0.2, -0.15) is 0 Å². The van der Waals surface area contributed by atoms with Crippen LogP contribution in [0.3, 0.4) is 0 Å². The minimum absolute atomic E-state index is 0.000285. The van der Waals surface area contributed by atoms with E-state index >= 15 is 0 Å². The lowest BCUT2D eigenvalue weighted by molar-refractivity contribution is -0.160. The fourth-order valence-corrected chi connectivity index (χ4v) is 11.3. The maximum Gasteiger partial charge on any atom is 0.323 e. The number of nitrogens with zero attached hydrogens (tertiary/aromatic N) is 2. The molecule has 7 aromatic carbocycles. The van der Waals surface area contributed by atoms with Crippen LogP contribution in [0, 0.1) is 0 Å². The lowest BCUT2D eigenvalue weighted by Gasteiger charge is -2.28. The highest BCUT2D eigenvalue weighted by Crippen LogP contribution is 2.19. The summed E-state index contributed by atoms with van der Waals surface area (Å²) in [7, 11) is 0. The first kappa shape index (κ1) is 82.4. The molecule has 0 bridgehead atoms. The Kier molecular flexibility index (Phi) is 37.5. The van der Waals surface area contributed by atoms with Crippen molar-refractivity contribution >= 4 is 59.4 Å². The van der Waals surface area contributed by atoms with Crippen molar-refractivity contribution in [3.05, 3.63) is 250 Å². The molecule has 7 aromatic rings. The predicted octanol–water partition coefficient (Wildman–Crippen LogP) is 10.1. The lowest BCUT2D eigenvalue weighted by Crippen LogP contribution is -2.47. The zero-order valence-electron chi connectivity index (χ0n) is 60.2. The van der Waals surface area contributed by atoms with Crippen LogP contribution >= 0.6 is 0 Å². The molecule has 2 unspecified atom stereocenters. The number of hydrogen-bond donors (Lipinski definition) is 5. The van der Waals surface area contributed by atoms with E-state index in [9.17, 15) is 47.9 Å². The minimum atomic E-state index is -1.03. The van der Waals surface area contributed by atoms with Crippen LogP contribution < -0.4 is 27.0 Å². The molecule has 562 valence electrons. The third kappa shape index (κ3) is 32.8. The molecule has 2 atom stereocenters. The second-order valence-corrected chi connectivity index (χ2v) is 25.6. The van der Waals surface area contributed by atoms with Crippen molar-refractivity contribution in [2.24, 2.45) is 5.73 Å². The van der Waals surface area contributed by atoms with Gasteiger partial charge in [0.1, 0.15) is 51.7 Å². The molecule has 0 fully saturated rings. The number of carbonyl (C=O) groups excluding carboxylic acids is 10. The molecule has 0 saturated carbocycles. The van der Waals surface area contributed by atoms with Gasteiger partial charge in [0, 0.05) is 56.7 Å². The molecule has 0 aromatic heterocycles. The van der Waals surface area contributed by atoms with Gasteiger partial charge in [-0.05, 0) is 121 Å². The Morgan fingerprint density at radius 2 is 0.566 bits per heavy atom. The standard InChI is InChI=1S/C83H99N7O16/c84-52-69-49-70(80(97)87-47-25-7-21-43-74(91)85-45-27-23-41-72(82(99)105-61-67-37-17-5-18-38-67)89(53-76(93)101-57-63-29-9-1-10-30-63)54-77(94)102-58-64-31-11-2-12-32-64)51-71(50-69)81(98)88-48-26-8-22-44-75(92)86-46-28-24-42-73(83(100)106-62-68-39-19-6-20-40-68)90(55-78(95)103-59-65-33-13-3-14-34-65)56-79(96)104-60-66-35-15-4-16-36-66/h1-6,9-20,29-40,49-51,72-73H,7-8,21-28,41-48,52-62,84H2,(H,85,91)(H,86,92)(H,87,97)(H,88,98). The second-order valence-electron chi connectivity index (χ2n) is 25.6. The average molecular weight is 1450 g/mol. The van der Waals surface area contributed by atoms with Crippen molar-refractivity contribution in [1.29, 1.82) is 0 Å². The first-order valence-electron chi connectivity index (χ1n) is 36.3. The molecule has 0 heterocycles. The first-order valence-corrected chi connectivity index (χ1v) is 36.3. The molecule has 0 spiro atoms. The van der Waals surface area contributed by atoms with Crippen molar-refractivity contribution in [2.75, 3.05) is 52.4 Å². The zero-order valence-corrected chi connectivity index (χ0v) is 60.2. The van der Waals surface area contributed by atoms with E-state index in [1.165, 1.54) is 15.9 Å². The molecule has 23 nitrogen and oxygen atoms in total. The third-order valence-electron chi connectivity index (χ3n) is 17.1. The number of unbranched alkanes of at least 4 members (excludes halogenated alkanes) is 6. The Morgan fingerprint density at radius 3 is 0.849 bits per heavy atom. The SMILES string of the molecule is NCc1cc(C(=O)NCCCCCC(=O)NCCCCC(C(=O)OCc2ccccc2)N(CC(=O)OCc2ccccc2)CC(=O)OCc2ccccc2)cc(C(=O)NCCCCCC(=O)NCCCCC(C(=O)OCc2ccccc2)N(CC(=O)OCc2ccccc2)CC(=O)OCc2ccccc2)c1. The molecule has 23 heteroatoms. The van der Waals surface area contributed by atoms with Crippen LogP contribution in [0.4, 0.5) is 0 Å². The molecule has 0 aliphatic rings. The first-order chi connectivity index (χ1) is 51.7. The predicted molar refractivity (Wildman–Crippen MR) is 398 cm³/mol. The van der Waals surface area contributed by atoms with E-state index in [1.807, 2.05) is 182 Å². The highest BCUT2D eigenvalue weighted by Gasteiger charge is 2.33. The van der Waals surface area contributed by atoms with Gasteiger partial charge in [-0.3, -0.25) is 57.7 Å². The van der Waals surface area contributed by atoms with Gasteiger partial charge in [0.15, 0.2) is 0 Å². The van der Waals surface area contributed by atoms with Crippen molar-refractivity contribution in [1.82, 2.24) is 31.1 Å². The van der Waals surface area contributed by atoms with E-state index in [4.69, 9.17) is 34.2 Å². The maximum atomic E-state index is 13.9.